The lowest BCUT2D eigenvalue weighted by Crippen LogP contribution is -2.54. The van der Waals surface area contributed by atoms with Crippen molar-refractivity contribution >= 4 is 22.9 Å². The monoisotopic (exact) mass is 820 g/mol. The molecule has 3 aliphatic rings. The highest BCUT2D eigenvalue weighted by Crippen LogP contribution is 2.48. The smallest absolute Gasteiger partial charge is 0.339 e. The van der Waals surface area contributed by atoms with Crippen LogP contribution in [0.15, 0.2) is 111 Å². The first-order chi connectivity index (χ1) is 29.6. The number of ether oxygens (including phenoxy) is 4. The average molecular weight is 821 g/mol. The Bertz CT molecular complexity index is 2590. The zero-order valence-electron chi connectivity index (χ0n) is 35.1. The summed E-state index contributed by atoms with van der Waals surface area (Å²) in [6, 6.07) is 30.8. The van der Waals surface area contributed by atoms with E-state index in [-0.39, 0.29) is 30.9 Å². The number of rotatable bonds is 9. The van der Waals surface area contributed by atoms with Crippen LogP contribution in [-0.4, -0.2) is 49.1 Å². The van der Waals surface area contributed by atoms with Gasteiger partial charge >= 0.3 is 17.6 Å². The van der Waals surface area contributed by atoms with Crippen LogP contribution in [0.5, 0.6) is 5.75 Å². The standard InChI is InChI=1S/C52H52O9/c1-33(32-53)43-21-18-36-17-19-40-29-38(16-15-35-12-9-13-37(27-35)26-34-10-5-4-6-11-34)30-45(54)58-48-46-44(22-20-41-31-42(23-25-57-3)50(55)59-47(41)46)61-52(2,49(48)60-51(43)56)24-8-7-14-39(40)28-36/h4-6,9-13,17,19-20,22,27-28,31,38,48-49,53H,14-16,18,21,23-26,29-30,32H2,1-3H3/t38-,48+,49-,52-/m0/s1. The second-order valence-corrected chi connectivity index (χ2v) is 16.9. The van der Waals surface area contributed by atoms with Crippen molar-refractivity contribution in [2.75, 3.05) is 20.3 Å². The SMILES string of the molecule is COCCc1cc2ccc3c(c2oc1=O)[C@H]1OC(=O)C[C@@H](CCc2cccc(Cc4ccccc4)c2)Cc2ccc4cc2CC#CC[C@](C)(O3)[C@H]1OC(=O)C(=C(C)CO)CC4. The van der Waals surface area contributed by atoms with Gasteiger partial charge in [0.2, 0.25) is 0 Å². The van der Waals surface area contributed by atoms with Gasteiger partial charge in [-0.25, -0.2) is 9.59 Å². The van der Waals surface area contributed by atoms with Crippen LogP contribution in [0, 0.1) is 17.8 Å². The molecule has 0 radical (unpaired) electrons. The first-order valence-electron chi connectivity index (χ1n) is 21.3. The number of hydrogen-bond donors (Lipinski definition) is 1. The van der Waals surface area contributed by atoms with Gasteiger partial charge in [-0.15, -0.1) is 0 Å². The molecule has 9 nitrogen and oxygen atoms in total. The number of aryl methyl sites for hydroxylation is 2. The molecule has 9 heteroatoms. The molecule has 0 amide bonds. The first kappa shape index (κ1) is 41.8. The summed E-state index contributed by atoms with van der Waals surface area (Å²) in [5.41, 5.74) is 6.80. The van der Waals surface area contributed by atoms with Gasteiger partial charge in [0.1, 0.15) is 11.3 Å². The van der Waals surface area contributed by atoms with Gasteiger partial charge < -0.3 is 28.5 Å². The van der Waals surface area contributed by atoms with E-state index in [9.17, 15) is 19.5 Å². The van der Waals surface area contributed by atoms with Crippen LogP contribution in [-0.2, 0) is 62.3 Å². The van der Waals surface area contributed by atoms with Gasteiger partial charge in [0.05, 0.1) is 25.2 Å². The maximum absolute atomic E-state index is 14.6. The minimum absolute atomic E-state index is 0.0886. The lowest BCUT2D eigenvalue weighted by atomic mass is 9.83. The van der Waals surface area contributed by atoms with E-state index in [4.69, 9.17) is 23.4 Å². The topological polar surface area (TPSA) is 122 Å². The molecule has 4 heterocycles. The molecule has 4 aromatic carbocycles. The molecule has 0 spiro atoms. The average Bonchev–Trinajstić information content (AvgIpc) is 3.25. The molecule has 0 unspecified atom stereocenters. The maximum atomic E-state index is 14.6. The van der Waals surface area contributed by atoms with E-state index in [0.29, 0.717) is 78.5 Å². The molecule has 5 aromatic rings. The molecule has 8 rings (SSSR count). The zero-order valence-corrected chi connectivity index (χ0v) is 35.1. The number of carbonyl (C=O) groups excluding carboxylic acids is 2. The predicted octanol–water partition coefficient (Wildman–Crippen LogP) is 8.31. The van der Waals surface area contributed by atoms with Crippen LogP contribution in [0.1, 0.15) is 90.1 Å². The highest BCUT2D eigenvalue weighted by molar-refractivity contribution is 5.90. The van der Waals surface area contributed by atoms with Crippen molar-refractivity contribution in [1.82, 2.24) is 0 Å². The lowest BCUT2D eigenvalue weighted by molar-refractivity contribution is -0.190. The van der Waals surface area contributed by atoms with E-state index in [1.165, 1.54) is 16.7 Å². The number of carbonyl (C=O) groups is 2. The summed E-state index contributed by atoms with van der Waals surface area (Å²) in [6.07, 6.45) is 2.41. The number of methoxy groups -OCH3 is 1. The van der Waals surface area contributed by atoms with Crippen LogP contribution < -0.4 is 10.4 Å². The van der Waals surface area contributed by atoms with Crippen LogP contribution in [0.25, 0.3) is 11.0 Å². The Morgan fingerprint density at radius 1 is 0.852 bits per heavy atom. The van der Waals surface area contributed by atoms with Gasteiger partial charge in [0, 0.05) is 42.9 Å². The van der Waals surface area contributed by atoms with Crippen LogP contribution in [0.2, 0.25) is 0 Å². The Labute approximate surface area is 356 Å². The fourth-order valence-electron chi connectivity index (χ4n) is 8.95. The van der Waals surface area contributed by atoms with Crippen molar-refractivity contribution in [3.63, 3.8) is 0 Å². The molecule has 0 aliphatic carbocycles. The minimum atomic E-state index is -1.30. The molecule has 1 aromatic heterocycles. The second kappa shape index (κ2) is 18.3. The third-order valence-corrected chi connectivity index (χ3v) is 12.4. The number of aliphatic hydroxyl groups excluding tert-OH is 1. The summed E-state index contributed by atoms with van der Waals surface area (Å²) in [6.45, 7) is 3.51. The van der Waals surface area contributed by atoms with Crippen LogP contribution in [0.4, 0.5) is 0 Å². The highest BCUT2D eigenvalue weighted by Gasteiger charge is 2.53. The summed E-state index contributed by atoms with van der Waals surface area (Å²) in [7, 11) is 1.57. The number of fused-ring (bicyclic) bond motifs is 7. The number of aliphatic hydroxyl groups is 1. The molecule has 0 fully saturated rings. The van der Waals surface area contributed by atoms with Crippen molar-refractivity contribution < 1.29 is 38.1 Å². The Balaban J connectivity index is 1.23. The fraction of sp³-hybridized carbons (Fsp3) is 0.365. The summed E-state index contributed by atoms with van der Waals surface area (Å²) < 4.78 is 31.1. The van der Waals surface area contributed by atoms with Crippen LogP contribution in [0.3, 0.4) is 0 Å². The Morgan fingerprint density at radius 2 is 1.67 bits per heavy atom. The predicted molar refractivity (Wildman–Crippen MR) is 232 cm³/mol. The minimum Gasteiger partial charge on any atom is -0.482 e. The van der Waals surface area contributed by atoms with Crippen LogP contribution >= 0.6 is 0 Å². The van der Waals surface area contributed by atoms with E-state index >= 15 is 0 Å². The summed E-state index contributed by atoms with van der Waals surface area (Å²) in [4.78, 5) is 42.5. The second-order valence-electron chi connectivity index (χ2n) is 16.9. The summed E-state index contributed by atoms with van der Waals surface area (Å²) >= 11 is 0. The Hall–Kier alpha value is -5.95. The molecule has 314 valence electrons. The quantitative estimate of drug-likeness (QED) is 0.0678. The van der Waals surface area contributed by atoms with Gasteiger partial charge in [0.25, 0.3) is 0 Å². The normalized spacial score (nSPS) is 22.1. The highest BCUT2D eigenvalue weighted by atomic mass is 16.6. The molecule has 4 atom stereocenters. The molecule has 0 saturated heterocycles. The summed E-state index contributed by atoms with van der Waals surface area (Å²) in [5, 5.41) is 10.9. The zero-order chi connectivity index (χ0) is 42.5. The van der Waals surface area contributed by atoms with E-state index in [1.807, 2.05) is 6.07 Å². The van der Waals surface area contributed by atoms with Gasteiger partial charge in [-0.05, 0) is 115 Å². The van der Waals surface area contributed by atoms with Crippen molar-refractivity contribution in [2.24, 2.45) is 5.92 Å². The van der Waals surface area contributed by atoms with E-state index in [0.717, 1.165) is 29.5 Å². The first-order valence-corrected chi connectivity index (χ1v) is 21.3. The number of hydrogen-bond acceptors (Lipinski definition) is 9. The van der Waals surface area contributed by atoms with Gasteiger partial charge in [0.15, 0.2) is 17.8 Å². The Morgan fingerprint density at radius 3 is 2.49 bits per heavy atom. The third-order valence-electron chi connectivity index (χ3n) is 12.4. The molecular formula is C52H52O9. The molecule has 1 N–H and O–H groups in total. The van der Waals surface area contributed by atoms with E-state index in [2.05, 4.69) is 78.6 Å². The van der Waals surface area contributed by atoms with Gasteiger partial charge in [-0.2, -0.15) is 0 Å². The third kappa shape index (κ3) is 9.36. The van der Waals surface area contributed by atoms with Crippen molar-refractivity contribution in [3.8, 4) is 17.6 Å². The van der Waals surface area contributed by atoms with Gasteiger partial charge in [-0.3, -0.25) is 4.79 Å². The van der Waals surface area contributed by atoms with Crippen molar-refractivity contribution in [3.05, 3.63) is 157 Å². The molecule has 3 aliphatic heterocycles. The Kier molecular flexibility index (Phi) is 12.6. The molecule has 61 heavy (non-hydrogen) atoms. The molecule has 0 saturated carbocycles. The van der Waals surface area contributed by atoms with E-state index < -0.39 is 35.4 Å². The maximum Gasteiger partial charge on any atom is 0.339 e. The number of benzene rings is 4. The summed E-state index contributed by atoms with van der Waals surface area (Å²) in [5.74, 6) is 5.84. The van der Waals surface area contributed by atoms with E-state index in [1.54, 1.807) is 39.2 Å². The fourth-order valence-corrected chi connectivity index (χ4v) is 8.95. The number of esters is 2. The largest absolute Gasteiger partial charge is 0.482 e. The molecule has 5 bridgehead atoms. The van der Waals surface area contributed by atoms with Gasteiger partial charge in [-0.1, -0.05) is 84.6 Å². The van der Waals surface area contributed by atoms with Crippen molar-refractivity contribution in [2.45, 2.75) is 95.9 Å². The lowest BCUT2D eigenvalue weighted by Gasteiger charge is -2.44. The van der Waals surface area contributed by atoms with Crippen molar-refractivity contribution in [1.29, 1.82) is 0 Å². The molecular weight excluding hydrogens is 769 g/mol.